The molecular weight excluding hydrogens is 358 g/mol. The Balaban J connectivity index is 2.01. The molecule has 0 spiro atoms. The van der Waals surface area contributed by atoms with Gasteiger partial charge in [0.15, 0.2) is 0 Å². The molecule has 0 aliphatic carbocycles. The van der Waals surface area contributed by atoms with E-state index in [2.05, 4.69) is 5.32 Å². The first kappa shape index (κ1) is 19.7. The van der Waals surface area contributed by atoms with Gasteiger partial charge in [-0.15, -0.1) is 0 Å². The maximum absolute atomic E-state index is 12.2. The summed E-state index contributed by atoms with van der Waals surface area (Å²) >= 11 is 0. The summed E-state index contributed by atoms with van der Waals surface area (Å²) in [6.45, 7) is 0.358. The lowest BCUT2D eigenvalue weighted by Crippen LogP contribution is -2.30. The van der Waals surface area contributed by atoms with Crippen LogP contribution in [0.25, 0.3) is 0 Å². The Bertz CT molecular complexity index is 851. The zero-order valence-corrected chi connectivity index (χ0v) is 15.5. The van der Waals surface area contributed by atoms with Crippen LogP contribution in [0, 0.1) is 0 Å². The summed E-state index contributed by atoms with van der Waals surface area (Å²) < 4.78 is 25.0. The summed E-state index contributed by atoms with van der Waals surface area (Å²) in [5.41, 5.74) is 1.33. The molecule has 0 atom stereocenters. The minimum atomic E-state index is -3.73. The normalized spacial score (nSPS) is 11.4. The monoisotopic (exact) mass is 379 g/mol. The zero-order chi connectivity index (χ0) is 19.3. The third kappa shape index (κ3) is 4.72. The van der Waals surface area contributed by atoms with Crippen molar-refractivity contribution in [3.05, 3.63) is 54.1 Å². The molecule has 2 N–H and O–H groups in total. The van der Waals surface area contributed by atoms with Crippen molar-refractivity contribution < 1.29 is 23.2 Å². The fourth-order valence-electron chi connectivity index (χ4n) is 2.12. The molecule has 0 heterocycles. The van der Waals surface area contributed by atoms with Crippen LogP contribution < -0.4 is 5.32 Å². The second-order valence-corrected chi connectivity index (χ2v) is 7.51. The number of hydrogen-bond acceptors (Lipinski definition) is 5. The Labute approximate surface area is 152 Å². The Hall–Kier alpha value is -2.62. The van der Waals surface area contributed by atoms with Crippen LogP contribution in [0.1, 0.15) is 5.56 Å². The Morgan fingerprint density at radius 3 is 2.19 bits per heavy atom. The minimum absolute atomic E-state index is 0.0531. The number of anilines is 1. The van der Waals surface area contributed by atoms with Crippen molar-refractivity contribution in [3.63, 3.8) is 0 Å². The highest BCUT2D eigenvalue weighted by molar-refractivity contribution is 7.89. The summed E-state index contributed by atoms with van der Waals surface area (Å²) in [4.78, 5) is 18.5. The number of carbonyl (C=O) groups excluding carboxylic acids is 1. The molecule has 0 unspecified atom stereocenters. The largest absolute Gasteiger partial charge is 0.508 e. The number of sulfonamides is 1. The van der Waals surface area contributed by atoms with Crippen LogP contribution in [0.2, 0.25) is 0 Å². The highest BCUT2D eigenvalue weighted by Gasteiger charge is 2.20. The number of phenolic OH excluding ortho intramolecular Hbond substituents is 1. The van der Waals surface area contributed by atoms with E-state index < -0.39 is 10.0 Å². The number of hydrogen-bond donors (Lipinski definition) is 2. The number of nitrogens with one attached hydrogen (secondary N) is 1. The van der Waals surface area contributed by atoms with Crippen molar-refractivity contribution in [2.45, 2.75) is 11.4 Å². The molecule has 8 nitrogen and oxygen atoms in total. The summed E-state index contributed by atoms with van der Waals surface area (Å²) in [5, 5.41) is 12.0. The van der Waals surface area contributed by atoms with Gasteiger partial charge in [0.05, 0.1) is 12.0 Å². The third-order valence-electron chi connectivity index (χ3n) is 3.70. The van der Waals surface area contributed by atoms with Crippen molar-refractivity contribution in [2.24, 2.45) is 0 Å². The van der Waals surface area contributed by atoms with Gasteiger partial charge in [0.25, 0.3) is 10.0 Å². The predicted octanol–water partition coefficient (Wildman–Crippen LogP) is 2.24. The van der Waals surface area contributed by atoms with Gasteiger partial charge in [-0.2, -0.15) is 0 Å². The molecule has 2 aromatic carbocycles. The maximum Gasteiger partial charge on any atom is 0.321 e. The fourth-order valence-corrected chi connectivity index (χ4v) is 3.10. The maximum atomic E-state index is 12.2. The number of amides is 2. The molecule has 0 aromatic heterocycles. The number of phenols is 1. The molecule has 0 radical (unpaired) electrons. The lowest BCUT2D eigenvalue weighted by molar-refractivity contribution is -0.0258. The van der Waals surface area contributed by atoms with Crippen LogP contribution in [0.15, 0.2) is 53.4 Å². The smallest absolute Gasteiger partial charge is 0.321 e. The second-order valence-electron chi connectivity index (χ2n) is 5.57. The van der Waals surface area contributed by atoms with Crippen molar-refractivity contribution in [2.75, 3.05) is 26.5 Å². The van der Waals surface area contributed by atoms with E-state index in [1.807, 2.05) is 0 Å². The van der Waals surface area contributed by atoms with Gasteiger partial charge in [-0.1, -0.05) is 16.6 Å². The first-order valence-corrected chi connectivity index (χ1v) is 9.11. The van der Waals surface area contributed by atoms with Crippen molar-refractivity contribution in [1.29, 1.82) is 0 Å². The quantitative estimate of drug-likeness (QED) is 0.750. The van der Waals surface area contributed by atoms with Crippen LogP contribution in [0.4, 0.5) is 10.5 Å². The molecule has 2 rings (SSSR count). The van der Waals surface area contributed by atoms with Gasteiger partial charge in [0.2, 0.25) is 0 Å². The molecule has 0 saturated heterocycles. The Morgan fingerprint density at radius 1 is 1.08 bits per heavy atom. The number of nitrogens with zero attached hydrogens (tertiary/aromatic N) is 2. The van der Waals surface area contributed by atoms with Crippen LogP contribution in [-0.4, -0.2) is 50.1 Å². The highest BCUT2D eigenvalue weighted by Crippen LogP contribution is 2.18. The molecule has 2 amide bonds. The Morgan fingerprint density at radius 2 is 1.65 bits per heavy atom. The first-order chi connectivity index (χ1) is 12.2. The van der Waals surface area contributed by atoms with E-state index in [1.54, 1.807) is 31.3 Å². The van der Waals surface area contributed by atoms with E-state index in [1.165, 1.54) is 43.3 Å². The molecule has 2 aromatic rings. The van der Waals surface area contributed by atoms with E-state index in [9.17, 15) is 18.3 Å². The van der Waals surface area contributed by atoms with Gasteiger partial charge >= 0.3 is 6.03 Å². The van der Waals surface area contributed by atoms with E-state index in [-0.39, 0.29) is 16.7 Å². The predicted molar refractivity (Wildman–Crippen MR) is 97.0 cm³/mol. The number of urea groups is 1. The van der Waals surface area contributed by atoms with E-state index in [4.69, 9.17) is 4.84 Å². The first-order valence-electron chi connectivity index (χ1n) is 7.67. The average Bonchev–Trinajstić information content (AvgIpc) is 2.63. The SMILES string of the molecule is CON(C)S(=O)(=O)c1ccc(NC(=O)N(C)Cc2ccc(O)cc2)cc1. The highest BCUT2D eigenvalue weighted by atomic mass is 32.2. The summed E-state index contributed by atoms with van der Waals surface area (Å²) in [6, 6.07) is 12.0. The number of carbonyl (C=O) groups is 1. The third-order valence-corrected chi connectivity index (χ3v) is 5.40. The van der Waals surface area contributed by atoms with Gasteiger partial charge in [-0.25, -0.2) is 13.2 Å². The lowest BCUT2D eigenvalue weighted by atomic mass is 10.2. The van der Waals surface area contributed by atoms with Gasteiger partial charge in [0.1, 0.15) is 5.75 Å². The van der Waals surface area contributed by atoms with Crippen molar-refractivity contribution in [3.8, 4) is 5.75 Å². The molecular formula is C17H21N3O5S. The summed E-state index contributed by atoms with van der Waals surface area (Å²) in [6.07, 6.45) is 0. The number of hydroxylamine groups is 1. The minimum Gasteiger partial charge on any atom is -0.508 e. The molecule has 0 fully saturated rings. The molecule has 0 bridgehead atoms. The Kier molecular flexibility index (Phi) is 6.19. The number of rotatable bonds is 6. The molecule has 0 aliphatic heterocycles. The average molecular weight is 379 g/mol. The van der Waals surface area contributed by atoms with Crippen molar-refractivity contribution >= 4 is 21.7 Å². The fraction of sp³-hybridized carbons (Fsp3) is 0.235. The summed E-state index contributed by atoms with van der Waals surface area (Å²) in [7, 11) is 0.461. The number of aromatic hydroxyl groups is 1. The van der Waals surface area contributed by atoms with E-state index in [0.717, 1.165) is 10.0 Å². The molecule has 26 heavy (non-hydrogen) atoms. The van der Waals surface area contributed by atoms with Crippen LogP contribution in [0.3, 0.4) is 0 Å². The van der Waals surface area contributed by atoms with Gasteiger partial charge in [-0.05, 0) is 42.0 Å². The van der Waals surface area contributed by atoms with Gasteiger partial charge < -0.3 is 15.3 Å². The molecule has 0 aliphatic rings. The van der Waals surface area contributed by atoms with Crippen LogP contribution >= 0.6 is 0 Å². The van der Waals surface area contributed by atoms with E-state index in [0.29, 0.717) is 12.2 Å². The van der Waals surface area contributed by atoms with Crippen LogP contribution in [0.5, 0.6) is 5.75 Å². The molecule has 140 valence electrons. The standard InChI is InChI=1S/C17H21N3O5S/c1-19(12-13-4-8-15(21)9-5-13)17(22)18-14-6-10-16(11-7-14)26(23,24)20(2)25-3/h4-11,21H,12H2,1-3H3,(H,18,22). The van der Waals surface area contributed by atoms with E-state index >= 15 is 0 Å². The molecule has 0 saturated carbocycles. The summed E-state index contributed by atoms with van der Waals surface area (Å²) in [5.74, 6) is 0.162. The molecule has 9 heteroatoms. The lowest BCUT2D eigenvalue weighted by Gasteiger charge is -2.18. The number of benzene rings is 2. The van der Waals surface area contributed by atoms with Gasteiger partial charge in [0, 0.05) is 26.3 Å². The zero-order valence-electron chi connectivity index (χ0n) is 14.7. The van der Waals surface area contributed by atoms with Crippen molar-refractivity contribution in [1.82, 2.24) is 9.37 Å². The van der Waals surface area contributed by atoms with Crippen LogP contribution in [-0.2, 0) is 21.4 Å². The second kappa shape index (κ2) is 8.17. The van der Waals surface area contributed by atoms with Gasteiger partial charge in [-0.3, -0.25) is 4.84 Å². The topological polar surface area (TPSA) is 99.2 Å².